The second-order valence-corrected chi connectivity index (χ2v) is 7.69. The maximum absolute atomic E-state index is 13.0. The number of imide groups is 1. The molecule has 0 aromatic rings. The maximum Gasteiger partial charge on any atom is 0.324 e. The van der Waals surface area contributed by atoms with Crippen LogP contribution < -0.4 is 10.6 Å². The molecular weight excluding hydrogens is 332 g/mol. The van der Waals surface area contributed by atoms with Gasteiger partial charge in [0.25, 0.3) is 0 Å². The van der Waals surface area contributed by atoms with E-state index in [4.69, 9.17) is 0 Å². The van der Waals surface area contributed by atoms with Crippen LogP contribution >= 0.6 is 0 Å². The van der Waals surface area contributed by atoms with E-state index in [0.717, 1.165) is 12.8 Å². The van der Waals surface area contributed by atoms with Crippen LogP contribution in [0.1, 0.15) is 46.0 Å². The Morgan fingerprint density at radius 2 is 2.00 bits per heavy atom. The lowest BCUT2D eigenvalue weighted by atomic mass is 9.81. The summed E-state index contributed by atoms with van der Waals surface area (Å²) in [5.74, 6) is 0.0904. The van der Waals surface area contributed by atoms with Crippen molar-refractivity contribution in [3.63, 3.8) is 0 Å². The molecule has 3 amide bonds. The van der Waals surface area contributed by atoms with E-state index in [1.807, 2.05) is 39.9 Å². The summed E-state index contributed by atoms with van der Waals surface area (Å²) in [6.07, 6.45) is 3.77. The fraction of sp³-hybridized carbons (Fsp3) is 0.842. The van der Waals surface area contributed by atoms with E-state index < -0.39 is 0 Å². The van der Waals surface area contributed by atoms with E-state index in [0.29, 0.717) is 44.7 Å². The normalized spacial score (nSPS) is 19.9. The van der Waals surface area contributed by atoms with Gasteiger partial charge in [-0.1, -0.05) is 0 Å². The predicted molar refractivity (Wildman–Crippen MR) is 103 cm³/mol. The van der Waals surface area contributed by atoms with Gasteiger partial charge < -0.3 is 15.5 Å². The highest BCUT2D eigenvalue weighted by atomic mass is 16.2. The summed E-state index contributed by atoms with van der Waals surface area (Å²) in [5, 5.41) is 5.96. The fourth-order valence-corrected chi connectivity index (χ4v) is 3.74. The van der Waals surface area contributed by atoms with Gasteiger partial charge in [0.15, 0.2) is 0 Å². The number of carbonyl (C=O) groups excluding carboxylic acids is 3. The highest BCUT2D eigenvalue weighted by Gasteiger charge is 2.31. The monoisotopic (exact) mass is 368 g/mol. The minimum atomic E-state index is -0.340. The molecule has 2 unspecified atom stereocenters. The number of amides is 3. The summed E-state index contributed by atoms with van der Waals surface area (Å²) in [4.78, 5) is 40.6. The average Bonchev–Trinajstić information content (AvgIpc) is 2.54. The van der Waals surface area contributed by atoms with Crippen molar-refractivity contribution in [2.45, 2.75) is 52.0 Å². The van der Waals surface area contributed by atoms with Crippen molar-refractivity contribution in [1.29, 1.82) is 0 Å². The van der Waals surface area contributed by atoms with Gasteiger partial charge >= 0.3 is 6.03 Å². The molecule has 7 heteroatoms. The summed E-state index contributed by atoms with van der Waals surface area (Å²) < 4.78 is 0. The molecule has 0 radical (unpaired) electrons. The second-order valence-electron chi connectivity index (χ2n) is 7.69. The van der Waals surface area contributed by atoms with E-state index in [1.54, 1.807) is 0 Å². The SMILES string of the molecule is CCN(C(=O)N[C@@H](C)CN(C)C)C(=O)C(CNC)CC1CCCC(=O)C1. The molecule has 1 aliphatic rings. The van der Waals surface area contributed by atoms with Gasteiger partial charge in [-0.3, -0.25) is 14.5 Å². The third-order valence-corrected chi connectivity index (χ3v) is 4.84. The van der Waals surface area contributed by atoms with Crippen molar-refractivity contribution in [1.82, 2.24) is 20.4 Å². The Hall–Kier alpha value is -1.47. The smallest absolute Gasteiger partial charge is 0.324 e. The van der Waals surface area contributed by atoms with Crippen LogP contribution in [0.2, 0.25) is 0 Å². The van der Waals surface area contributed by atoms with Crippen molar-refractivity contribution in [3.8, 4) is 0 Å². The van der Waals surface area contributed by atoms with E-state index >= 15 is 0 Å². The van der Waals surface area contributed by atoms with Crippen LogP contribution in [0.3, 0.4) is 0 Å². The first-order valence-corrected chi connectivity index (χ1v) is 9.71. The minimum absolute atomic E-state index is 0.0435. The Morgan fingerprint density at radius 3 is 2.54 bits per heavy atom. The van der Waals surface area contributed by atoms with Crippen LogP contribution in [0.4, 0.5) is 4.79 Å². The van der Waals surface area contributed by atoms with E-state index in [2.05, 4.69) is 10.6 Å². The molecule has 0 aliphatic heterocycles. The number of ketones is 1. The molecule has 26 heavy (non-hydrogen) atoms. The van der Waals surface area contributed by atoms with E-state index in [-0.39, 0.29) is 29.8 Å². The number of carbonyl (C=O) groups is 3. The number of hydrogen-bond acceptors (Lipinski definition) is 5. The average molecular weight is 369 g/mol. The fourth-order valence-electron chi connectivity index (χ4n) is 3.74. The first kappa shape index (κ1) is 22.6. The van der Waals surface area contributed by atoms with Gasteiger partial charge in [-0.25, -0.2) is 4.79 Å². The quantitative estimate of drug-likeness (QED) is 0.644. The van der Waals surface area contributed by atoms with Crippen molar-refractivity contribution in [2.24, 2.45) is 11.8 Å². The summed E-state index contributed by atoms with van der Waals surface area (Å²) in [6.45, 7) is 5.30. The highest BCUT2D eigenvalue weighted by molar-refractivity contribution is 5.95. The number of Topliss-reactive ketones (excluding diaryl/α,β-unsaturated/α-hetero) is 1. The van der Waals surface area contributed by atoms with Crippen molar-refractivity contribution in [2.75, 3.05) is 40.8 Å². The Kier molecular flexibility index (Phi) is 9.80. The van der Waals surface area contributed by atoms with Crippen LogP contribution in [0.25, 0.3) is 0 Å². The van der Waals surface area contributed by atoms with Gasteiger partial charge in [0.2, 0.25) is 5.91 Å². The first-order valence-electron chi connectivity index (χ1n) is 9.71. The predicted octanol–water partition coefficient (Wildman–Crippen LogP) is 1.48. The van der Waals surface area contributed by atoms with Crippen molar-refractivity contribution in [3.05, 3.63) is 0 Å². The number of nitrogens with one attached hydrogen (secondary N) is 2. The summed E-state index contributed by atoms with van der Waals surface area (Å²) >= 11 is 0. The number of rotatable bonds is 9. The third-order valence-electron chi connectivity index (χ3n) is 4.84. The van der Waals surface area contributed by atoms with Crippen molar-refractivity contribution < 1.29 is 14.4 Å². The zero-order chi connectivity index (χ0) is 19.7. The molecular formula is C19H36N4O3. The van der Waals surface area contributed by atoms with Crippen LogP contribution in [-0.4, -0.2) is 74.3 Å². The van der Waals surface area contributed by atoms with E-state index in [9.17, 15) is 14.4 Å². The van der Waals surface area contributed by atoms with Crippen LogP contribution in [-0.2, 0) is 9.59 Å². The molecule has 150 valence electrons. The van der Waals surface area contributed by atoms with Gasteiger partial charge in [-0.2, -0.15) is 0 Å². The molecule has 0 bridgehead atoms. The second kappa shape index (κ2) is 11.3. The Labute approximate surface area is 157 Å². The molecule has 1 fully saturated rings. The third kappa shape index (κ3) is 7.41. The van der Waals surface area contributed by atoms with Crippen LogP contribution in [0.5, 0.6) is 0 Å². The zero-order valence-electron chi connectivity index (χ0n) is 17.0. The van der Waals surface area contributed by atoms with Gasteiger partial charge in [-0.05, 0) is 60.2 Å². The minimum Gasteiger partial charge on any atom is -0.334 e. The lowest BCUT2D eigenvalue weighted by Crippen LogP contribution is -2.51. The van der Waals surface area contributed by atoms with Gasteiger partial charge in [-0.15, -0.1) is 0 Å². The topological polar surface area (TPSA) is 81.8 Å². The zero-order valence-corrected chi connectivity index (χ0v) is 17.0. The number of urea groups is 1. The maximum atomic E-state index is 13.0. The van der Waals surface area contributed by atoms with Crippen molar-refractivity contribution >= 4 is 17.7 Å². The molecule has 3 atom stereocenters. The number of likely N-dealkylation sites (N-methyl/N-ethyl adjacent to an activating group) is 1. The summed E-state index contributed by atoms with van der Waals surface area (Å²) in [7, 11) is 5.70. The molecule has 0 aromatic carbocycles. The van der Waals surface area contributed by atoms with Gasteiger partial charge in [0, 0.05) is 38.5 Å². The standard InChI is InChI=1S/C19H36N4O3/c1-6-23(19(26)21-14(2)13-22(4)5)18(25)16(12-20-3)10-15-8-7-9-17(24)11-15/h14-16,20H,6-13H2,1-5H3,(H,21,26)/t14-,15?,16?/m0/s1. The first-order chi connectivity index (χ1) is 12.3. The Bertz CT molecular complexity index is 481. The molecule has 1 rings (SSSR count). The number of hydrogen-bond donors (Lipinski definition) is 2. The molecule has 0 saturated heterocycles. The number of nitrogens with zero attached hydrogens (tertiary/aromatic N) is 2. The summed E-state index contributed by atoms with van der Waals surface area (Å²) in [5.41, 5.74) is 0. The summed E-state index contributed by atoms with van der Waals surface area (Å²) in [6, 6.07) is -0.384. The van der Waals surface area contributed by atoms with Crippen LogP contribution in [0.15, 0.2) is 0 Å². The lowest BCUT2D eigenvalue weighted by Gasteiger charge is -2.30. The molecule has 0 aromatic heterocycles. The molecule has 1 aliphatic carbocycles. The Balaban J connectivity index is 2.73. The highest BCUT2D eigenvalue weighted by Crippen LogP contribution is 2.28. The molecule has 0 spiro atoms. The van der Waals surface area contributed by atoms with E-state index in [1.165, 1.54) is 4.90 Å². The molecule has 2 N–H and O–H groups in total. The molecule has 7 nitrogen and oxygen atoms in total. The van der Waals surface area contributed by atoms with Gasteiger partial charge in [0.05, 0.1) is 5.92 Å². The van der Waals surface area contributed by atoms with Crippen LogP contribution in [0, 0.1) is 11.8 Å². The Morgan fingerprint density at radius 1 is 1.31 bits per heavy atom. The molecule has 0 heterocycles. The largest absolute Gasteiger partial charge is 0.334 e. The lowest BCUT2D eigenvalue weighted by molar-refractivity contribution is -0.133. The van der Waals surface area contributed by atoms with Gasteiger partial charge in [0.1, 0.15) is 5.78 Å². The molecule has 1 saturated carbocycles.